The van der Waals surface area contributed by atoms with Gasteiger partial charge in [-0.3, -0.25) is 0 Å². The van der Waals surface area contributed by atoms with E-state index in [-0.39, 0.29) is 63.4 Å². The van der Waals surface area contributed by atoms with Crippen LogP contribution in [0.1, 0.15) is 36.1 Å². The van der Waals surface area contributed by atoms with Crippen molar-refractivity contribution in [2.75, 3.05) is 36.6 Å². The summed E-state index contributed by atoms with van der Waals surface area (Å²) in [5, 5.41) is 8.90. The number of methoxy groups -OCH3 is 1. The number of nitrogen functional groups attached to an aromatic ring is 2. The summed E-state index contributed by atoms with van der Waals surface area (Å²) in [6.07, 6.45) is -4.05. The smallest absolute Gasteiger partial charge is 0.420 e. The molecular formula is C29H21F6N7O2S. The molecule has 5 aromatic rings. The van der Waals surface area contributed by atoms with Gasteiger partial charge in [-0.05, 0) is 24.1 Å². The summed E-state index contributed by atoms with van der Waals surface area (Å²) in [6, 6.07) is 3.59. The summed E-state index contributed by atoms with van der Waals surface area (Å²) < 4.78 is 102. The van der Waals surface area contributed by atoms with Gasteiger partial charge in [0.1, 0.15) is 57.8 Å². The van der Waals surface area contributed by atoms with Gasteiger partial charge in [0.15, 0.2) is 5.82 Å². The first kappa shape index (κ1) is 30.0. The van der Waals surface area contributed by atoms with Gasteiger partial charge in [0.25, 0.3) is 0 Å². The number of hydrogen-bond acceptors (Lipinski definition) is 10. The maximum atomic E-state index is 16.8. The predicted octanol–water partition coefficient (Wildman–Crippen LogP) is 6.74. The Hall–Kier alpha value is -5.04. The maximum Gasteiger partial charge on any atom is 0.420 e. The fourth-order valence-corrected chi connectivity index (χ4v) is 6.68. The van der Waals surface area contributed by atoms with Gasteiger partial charge in [-0.2, -0.15) is 28.4 Å². The van der Waals surface area contributed by atoms with Crippen molar-refractivity contribution in [2.24, 2.45) is 0 Å². The fourth-order valence-electron chi connectivity index (χ4n) is 5.74. The highest BCUT2D eigenvalue weighted by molar-refractivity contribution is 7.23. The number of hydrogen-bond donors (Lipinski definition) is 2. The first-order valence-corrected chi connectivity index (χ1v) is 14.1. The zero-order valence-corrected chi connectivity index (χ0v) is 24.2. The molecule has 0 amide bonds. The lowest BCUT2D eigenvalue weighted by Crippen LogP contribution is -2.33. The molecule has 0 bridgehead atoms. The Morgan fingerprint density at radius 1 is 1.18 bits per heavy atom. The van der Waals surface area contributed by atoms with Crippen LogP contribution in [0.3, 0.4) is 0 Å². The molecule has 0 saturated heterocycles. The number of alkyl halides is 3. The molecule has 9 nitrogen and oxygen atoms in total. The second-order valence-electron chi connectivity index (χ2n) is 9.99. The zero-order valence-electron chi connectivity index (χ0n) is 23.4. The van der Waals surface area contributed by atoms with E-state index < -0.39 is 63.0 Å². The van der Waals surface area contributed by atoms with Gasteiger partial charge in [-0.1, -0.05) is 13.0 Å². The molecule has 4 N–H and O–H groups in total. The molecule has 6 rings (SSSR count). The highest BCUT2D eigenvalue weighted by atomic mass is 32.1. The number of halogens is 6. The lowest BCUT2D eigenvalue weighted by Gasteiger charge is -2.32. The van der Waals surface area contributed by atoms with Crippen LogP contribution in [0.5, 0.6) is 11.8 Å². The van der Waals surface area contributed by atoms with Crippen LogP contribution in [0.4, 0.5) is 43.0 Å². The summed E-state index contributed by atoms with van der Waals surface area (Å²) in [5.74, 6) is -3.98. The molecule has 232 valence electrons. The topological polar surface area (TPSA) is 136 Å². The van der Waals surface area contributed by atoms with Crippen LogP contribution in [0.2, 0.25) is 0 Å². The molecule has 4 heterocycles. The van der Waals surface area contributed by atoms with E-state index in [0.717, 1.165) is 24.4 Å². The van der Waals surface area contributed by atoms with Crippen molar-refractivity contribution >= 4 is 49.0 Å². The third kappa shape index (κ3) is 4.65. The summed E-state index contributed by atoms with van der Waals surface area (Å²) in [5.41, 5.74) is 8.33. The van der Waals surface area contributed by atoms with E-state index >= 15 is 17.6 Å². The Bertz CT molecular complexity index is 2060. The van der Waals surface area contributed by atoms with Gasteiger partial charge >= 0.3 is 12.2 Å². The number of thiophene rings is 1. The van der Waals surface area contributed by atoms with Crippen LogP contribution >= 0.6 is 11.3 Å². The Morgan fingerprint density at radius 2 is 1.93 bits per heavy atom. The van der Waals surface area contributed by atoms with E-state index in [2.05, 4.69) is 15.0 Å². The fraction of sp³-hybridized carbons (Fsp3) is 0.241. The largest absolute Gasteiger partial charge is 0.490 e. The SMILES string of the molecule is CC[C@H](c1cc(F)cnc1N)N1CCOc2c(C(F)(F)F)c(-c3ccc(F)c4sc(N)c(C#N)c34)c(F)c3nc(OC)nc1c23. The van der Waals surface area contributed by atoms with Crippen molar-refractivity contribution in [1.82, 2.24) is 15.0 Å². The van der Waals surface area contributed by atoms with Gasteiger partial charge in [0, 0.05) is 16.5 Å². The maximum absolute atomic E-state index is 16.8. The lowest BCUT2D eigenvalue weighted by molar-refractivity contribution is -0.138. The number of anilines is 3. The number of ether oxygens (including phenoxy) is 2. The van der Waals surface area contributed by atoms with E-state index in [1.807, 2.05) is 0 Å². The molecule has 2 aromatic carbocycles. The highest BCUT2D eigenvalue weighted by Crippen LogP contribution is 2.54. The molecule has 16 heteroatoms. The second-order valence-corrected chi connectivity index (χ2v) is 11.0. The van der Waals surface area contributed by atoms with Crippen molar-refractivity contribution in [3.05, 3.63) is 58.5 Å². The molecule has 1 aliphatic heterocycles. The predicted molar refractivity (Wildman–Crippen MR) is 155 cm³/mol. The first-order valence-electron chi connectivity index (χ1n) is 13.3. The molecule has 0 spiro atoms. The summed E-state index contributed by atoms with van der Waals surface area (Å²) in [4.78, 5) is 13.8. The van der Waals surface area contributed by atoms with E-state index in [1.54, 1.807) is 13.0 Å². The van der Waals surface area contributed by atoms with Crippen molar-refractivity contribution in [3.8, 4) is 29.0 Å². The number of nitriles is 1. The minimum Gasteiger partial charge on any atom is -0.490 e. The molecule has 0 fully saturated rings. The highest BCUT2D eigenvalue weighted by Gasteiger charge is 2.44. The van der Waals surface area contributed by atoms with Crippen LogP contribution in [0.15, 0.2) is 24.4 Å². The van der Waals surface area contributed by atoms with E-state index in [4.69, 9.17) is 20.9 Å². The van der Waals surface area contributed by atoms with Gasteiger partial charge < -0.3 is 25.8 Å². The summed E-state index contributed by atoms with van der Waals surface area (Å²) >= 11 is 0.652. The van der Waals surface area contributed by atoms with Crippen LogP contribution < -0.4 is 25.8 Å². The van der Waals surface area contributed by atoms with E-state index in [9.17, 15) is 14.0 Å². The molecule has 3 aromatic heterocycles. The van der Waals surface area contributed by atoms with Crippen molar-refractivity contribution in [3.63, 3.8) is 0 Å². The minimum absolute atomic E-state index is 0.0212. The monoisotopic (exact) mass is 645 g/mol. The van der Waals surface area contributed by atoms with Gasteiger partial charge in [0.2, 0.25) is 0 Å². The molecular weight excluding hydrogens is 624 g/mol. The third-order valence-electron chi connectivity index (χ3n) is 7.55. The number of pyridine rings is 1. The molecule has 1 atom stereocenters. The van der Waals surface area contributed by atoms with E-state index in [0.29, 0.717) is 11.3 Å². The normalized spacial score (nSPS) is 13.9. The molecule has 45 heavy (non-hydrogen) atoms. The number of aromatic nitrogens is 3. The van der Waals surface area contributed by atoms with Crippen LogP contribution in [0.25, 0.3) is 32.1 Å². The lowest BCUT2D eigenvalue weighted by atomic mass is 9.91. The molecule has 0 unspecified atom stereocenters. The Labute approximate surface area is 254 Å². The standard InChI is InChI=1S/C29H21F6N7O2S/c1-3-16(13-8-11(30)10-39-25(13)37)42-6-7-44-23-19-22(40-28(43-2)41-27(19)42)21(32)18(20(23)29(33,34)35)12-4-5-15(31)24-17(12)14(9-36)26(38)45-24/h4-5,8,10,16H,3,6-7,38H2,1-2H3,(H2,37,39)/t16-/m1/s1. The van der Waals surface area contributed by atoms with Crippen molar-refractivity contribution in [2.45, 2.75) is 25.6 Å². The van der Waals surface area contributed by atoms with Crippen LogP contribution in [0, 0.1) is 28.8 Å². The molecule has 0 saturated carbocycles. The summed E-state index contributed by atoms with van der Waals surface area (Å²) in [7, 11) is 1.19. The zero-order chi connectivity index (χ0) is 32.4. The second kappa shape index (κ2) is 10.8. The summed E-state index contributed by atoms with van der Waals surface area (Å²) in [6.45, 7) is 1.29. The Kier molecular flexibility index (Phi) is 7.23. The number of nitrogens with two attached hydrogens (primary N) is 2. The van der Waals surface area contributed by atoms with Gasteiger partial charge in [0.05, 0.1) is 41.5 Å². The number of fused-ring (bicyclic) bond motifs is 1. The number of nitrogens with zero attached hydrogens (tertiary/aromatic N) is 5. The first-order chi connectivity index (χ1) is 21.4. The molecule has 0 radical (unpaired) electrons. The van der Waals surface area contributed by atoms with E-state index in [1.165, 1.54) is 12.0 Å². The van der Waals surface area contributed by atoms with Crippen LogP contribution in [-0.4, -0.2) is 35.2 Å². The van der Waals surface area contributed by atoms with Gasteiger partial charge in [-0.15, -0.1) is 11.3 Å². The Balaban J connectivity index is 1.76. The van der Waals surface area contributed by atoms with Crippen LogP contribution in [-0.2, 0) is 6.18 Å². The number of rotatable bonds is 5. The number of benzene rings is 2. The average Bonchev–Trinajstić information content (AvgIpc) is 3.24. The third-order valence-corrected chi connectivity index (χ3v) is 8.58. The Morgan fingerprint density at radius 3 is 2.60 bits per heavy atom. The molecule has 1 aliphatic rings. The molecule has 0 aliphatic carbocycles. The minimum atomic E-state index is -5.23. The average molecular weight is 646 g/mol. The van der Waals surface area contributed by atoms with Gasteiger partial charge in [-0.25, -0.2) is 18.2 Å². The quantitative estimate of drug-likeness (QED) is 0.199. The van der Waals surface area contributed by atoms with Crippen molar-refractivity contribution in [1.29, 1.82) is 5.26 Å². The van der Waals surface area contributed by atoms with Crippen molar-refractivity contribution < 1.29 is 35.8 Å².